The van der Waals surface area contributed by atoms with E-state index < -0.39 is 0 Å². The van der Waals surface area contributed by atoms with Crippen molar-refractivity contribution in [2.45, 2.75) is 38.8 Å². The molecular formula is C21H27ClN6O3. The molecule has 10 heteroatoms. The molecule has 0 atom stereocenters. The number of hydrogen-bond donors (Lipinski definition) is 1. The van der Waals surface area contributed by atoms with Crippen molar-refractivity contribution >= 4 is 29.1 Å². The van der Waals surface area contributed by atoms with Gasteiger partial charge in [0.15, 0.2) is 0 Å². The Hall–Kier alpha value is -2.81. The second-order valence-corrected chi connectivity index (χ2v) is 8.38. The molecule has 3 heterocycles. The van der Waals surface area contributed by atoms with E-state index >= 15 is 0 Å². The third-order valence-electron chi connectivity index (χ3n) is 5.84. The lowest BCUT2D eigenvalue weighted by Crippen LogP contribution is -2.51. The fraction of sp³-hybridized carbons (Fsp3) is 0.524. The Labute approximate surface area is 185 Å². The number of benzene rings is 1. The molecule has 2 aliphatic rings. The largest absolute Gasteiger partial charge is 0.368 e. The van der Waals surface area contributed by atoms with Gasteiger partial charge in [0.2, 0.25) is 11.8 Å². The predicted octanol–water partition coefficient (Wildman–Crippen LogP) is 0.890. The molecule has 1 aromatic heterocycles. The monoisotopic (exact) mass is 446 g/mol. The number of fused-ring (bicyclic) bond motifs is 1. The highest BCUT2D eigenvalue weighted by molar-refractivity contribution is 6.30. The third-order valence-corrected chi connectivity index (χ3v) is 6.09. The normalized spacial score (nSPS) is 16.5. The molecule has 2 amide bonds. The SMILES string of the molecule is O=C(Cn1nc2n(c1=O)CCCCC2)NCC(=O)N1CCN(c2ccc(Cl)cc2)CC1. The first-order chi connectivity index (χ1) is 15.0. The van der Waals surface area contributed by atoms with Crippen molar-refractivity contribution in [1.29, 1.82) is 0 Å². The summed E-state index contributed by atoms with van der Waals surface area (Å²) in [6.07, 6.45) is 3.79. The standard InChI is InChI=1S/C21H27ClN6O3/c22-16-5-7-17(8-6-16)25-10-12-26(13-11-25)20(30)14-23-19(29)15-28-21(31)27-9-3-1-2-4-18(27)24-28/h5-8H,1-4,9-15H2,(H,23,29). The van der Waals surface area contributed by atoms with Crippen LogP contribution in [-0.2, 0) is 29.1 Å². The van der Waals surface area contributed by atoms with Gasteiger partial charge in [0.1, 0.15) is 12.4 Å². The van der Waals surface area contributed by atoms with E-state index in [1.54, 1.807) is 9.47 Å². The van der Waals surface area contributed by atoms with Gasteiger partial charge in [-0.3, -0.25) is 14.2 Å². The number of aromatic nitrogens is 3. The zero-order valence-electron chi connectivity index (χ0n) is 17.4. The molecule has 0 bridgehead atoms. The summed E-state index contributed by atoms with van der Waals surface area (Å²) in [5, 5.41) is 7.63. The maximum Gasteiger partial charge on any atom is 0.346 e. The minimum Gasteiger partial charge on any atom is -0.368 e. The number of aryl methyl sites for hydroxylation is 1. The van der Waals surface area contributed by atoms with Gasteiger partial charge in [0, 0.05) is 49.9 Å². The van der Waals surface area contributed by atoms with Crippen molar-refractivity contribution in [3.05, 3.63) is 45.6 Å². The van der Waals surface area contributed by atoms with E-state index in [0.29, 0.717) is 24.7 Å². The lowest BCUT2D eigenvalue weighted by atomic mass is 10.2. The first-order valence-corrected chi connectivity index (χ1v) is 11.1. The summed E-state index contributed by atoms with van der Waals surface area (Å²) in [7, 11) is 0. The highest BCUT2D eigenvalue weighted by Gasteiger charge is 2.22. The molecule has 1 aromatic carbocycles. The fourth-order valence-electron chi connectivity index (χ4n) is 4.07. The van der Waals surface area contributed by atoms with Gasteiger partial charge < -0.3 is 15.1 Å². The van der Waals surface area contributed by atoms with Crippen LogP contribution >= 0.6 is 11.6 Å². The maximum absolute atomic E-state index is 12.5. The molecule has 31 heavy (non-hydrogen) atoms. The Kier molecular flexibility index (Phi) is 6.60. The Morgan fingerprint density at radius 2 is 1.74 bits per heavy atom. The molecule has 4 rings (SSSR count). The highest BCUT2D eigenvalue weighted by atomic mass is 35.5. The number of nitrogens with one attached hydrogen (secondary N) is 1. The summed E-state index contributed by atoms with van der Waals surface area (Å²) < 4.78 is 2.86. The predicted molar refractivity (Wildman–Crippen MR) is 117 cm³/mol. The van der Waals surface area contributed by atoms with Crippen molar-refractivity contribution in [3.63, 3.8) is 0 Å². The molecule has 0 spiro atoms. The number of nitrogens with zero attached hydrogens (tertiary/aromatic N) is 5. The number of anilines is 1. The Morgan fingerprint density at radius 3 is 2.48 bits per heavy atom. The Bertz CT molecular complexity index is 992. The number of halogens is 1. The van der Waals surface area contributed by atoms with Crippen LogP contribution in [0.15, 0.2) is 29.1 Å². The second-order valence-electron chi connectivity index (χ2n) is 7.94. The molecule has 0 unspecified atom stereocenters. The quantitative estimate of drug-likeness (QED) is 0.736. The van der Waals surface area contributed by atoms with E-state index in [1.165, 1.54) is 4.68 Å². The number of hydrogen-bond acceptors (Lipinski definition) is 5. The summed E-state index contributed by atoms with van der Waals surface area (Å²) in [6, 6.07) is 7.65. The lowest BCUT2D eigenvalue weighted by molar-refractivity contribution is -0.133. The van der Waals surface area contributed by atoms with E-state index in [0.717, 1.165) is 50.3 Å². The molecule has 0 radical (unpaired) electrons. The summed E-state index contributed by atoms with van der Waals surface area (Å²) in [5.41, 5.74) is 0.824. The van der Waals surface area contributed by atoms with Crippen molar-refractivity contribution in [2.24, 2.45) is 0 Å². The van der Waals surface area contributed by atoms with E-state index in [1.807, 2.05) is 24.3 Å². The fourth-order valence-corrected chi connectivity index (χ4v) is 4.20. The number of carbonyl (C=O) groups excluding carboxylic acids is 2. The van der Waals surface area contributed by atoms with E-state index in [4.69, 9.17) is 11.6 Å². The molecule has 9 nitrogen and oxygen atoms in total. The van der Waals surface area contributed by atoms with Crippen LogP contribution in [0, 0.1) is 0 Å². The molecule has 1 N–H and O–H groups in total. The molecule has 0 aliphatic carbocycles. The molecule has 0 saturated carbocycles. The average molecular weight is 447 g/mol. The minimum atomic E-state index is -0.386. The van der Waals surface area contributed by atoms with Crippen LogP contribution in [0.2, 0.25) is 5.02 Å². The van der Waals surface area contributed by atoms with Crippen LogP contribution < -0.4 is 15.9 Å². The van der Waals surface area contributed by atoms with E-state index in [-0.39, 0.29) is 30.6 Å². The van der Waals surface area contributed by atoms with Gasteiger partial charge in [-0.05, 0) is 37.1 Å². The van der Waals surface area contributed by atoms with Crippen molar-refractivity contribution < 1.29 is 9.59 Å². The lowest BCUT2D eigenvalue weighted by Gasteiger charge is -2.36. The number of piperazine rings is 1. The van der Waals surface area contributed by atoms with Crippen molar-refractivity contribution in [3.8, 4) is 0 Å². The summed E-state index contributed by atoms with van der Waals surface area (Å²) >= 11 is 5.94. The summed E-state index contributed by atoms with van der Waals surface area (Å²) in [5.74, 6) is 0.227. The number of rotatable bonds is 5. The maximum atomic E-state index is 12.5. The summed E-state index contributed by atoms with van der Waals surface area (Å²) in [6.45, 7) is 3.01. The van der Waals surface area contributed by atoms with Gasteiger partial charge in [-0.25, -0.2) is 9.48 Å². The van der Waals surface area contributed by atoms with Crippen LogP contribution in [0.4, 0.5) is 5.69 Å². The molecule has 166 valence electrons. The Balaban J connectivity index is 1.24. The average Bonchev–Trinajstić information content (AvgIpc) is 2.94. The zero-order valence-corrected chi connectivity index (χ0v) is 18.2. The first-order valence-electron chi connectivity index (χ1n) is 10.7. The molecule has 1 fully saturated rings. The zero-order chi connectivity index (χ0) is 21.8. The molecule has 2 aliphatic heterocycles. The molecular weight excluding hydrogens is 420 g/mol. The van der Waals surface area contributed by atoms with Crippen LogP contribution in [-0.4, -0.2) is 63.8 Å². The number of amides is 2. The van der Waals surface area contributed by atoms with E-state index in [2.05, 4.69) is 15.3 Å². The van der Waals surface area contributed by atoms with Gasteiger partial charge >= 0.3 is 5.69 Å². The molecule has 2 aromatic rings. The molecule has 1 saturated heterocycles. The third kappa shape index (κ3) is 5.10. The van der Waals surface area contributed by atoms with Gasteiger partial charge in [0.25, 0.3) is 0 Å². The van der Waals surface area contributed by atoms with Crippen LogP contribution in [0.1, 0.15) is 25.1 Å². The van der Waals surface area contributed by atoms with Crippen LogP contribution in [0.5, 0.6) is 0 Å². The topological polar surface area (TPSA) is 92.5 Å². The minimum absolute atomic E-state index is 0.0813. The van der Waals surface area contributed by atoms with Crippen LogP contribution in [0.25, 0.3) is 0 Å². The first kappa shape index (κ1) is 21.4. The van der Waals surface area contributed by atoms with Crippen molar-refractivity contribution in [2.75, 3.05) is 37.6 Å². The van der Waals surface area contributed by atoms with Gasteiger partial charge in [-0.1, -0.05) is 18.0 Å². The van der Waals surface area contributed by atoms with E-state index in [9.17, 15) is 14.4 Å². The van der Waals surface area contributed by atoms with Gasteiger partial charge in [-0.15, -0.1) is 0 Å². The van der Waals surface area contributed by atoms with Gasteiger partial charge in [0.05, 0.1) is 6.54 Å². The Morgan fingerprint density at radius 1 is 1.00 bits per heavy atom. The number of carbonyl (C=O) groups is 2. The smallest absolute Gasteiger partial charge is 0.346 e. The van der Waals surface area contributed by atoms with Crippen LogP contribution in [0.3, 0.4) is 0 Å². The second kappa shape index (κ2) is 9.55. The van der Waals surface area contributed by atoms with Crippen molar-refractivity contribution in [1.82, 2.24) is 24.6 Å². The highest BCUT2D eigenvalue weighted by Crippen LogP contribution is 2.19. The van der Waals surface area contributed by atoms with Gasteiger partial charge in [-0.2, -0.15) is 5.10 Å². The summed E-state index contributed by atoms with van der Waals surface area (Å²) in [4.78, 5) is 41.2.